The van der Waals surface area contributed by atoms with Crippen LogP contribution in [0.5, 0.6) is 0 Å². The van der Waals surface area contributed by atoms with E-state index in [0.717, 1.165) is 4.68 Å². The first kappa shape index (κ1) is 17.6. The third-order valence-electron chi connectivity index (χ3n) is 3.62. The number of aromatic nitrogens is 4. The topological polar surface area (TPSA) is 64.7 Å². The van der Waals surface area contributed by atoms with Crippen molar-refractivity contribution in [2.24, 2.45) is 0 Å². The number of carbonyl (C=O) groups is 1. The van der Waals surface area contributed by atoms with Gasteiger partial charge in [0, 0.05) is 30.6 Å². The lowest BCUT2D eigenvalue weighted by atomic mass is 10.2. The number of carbonyl (C=O) groups excluding carboxylic acids is 1. The van der Waals surface area contributed by atoms with Crippen LogP contribution in [0.2, 0.25) is 0 Å². The number of benzene rings is 1. The zero-order valence-electron chi connectivity index (χ0n) is 13.5. The minimum atomic E-state index is -1.76. The van der Waals surface area contributed by atoms with E-state index in [0.29, 0.717) is 6.54 Å². The third-order valence-corrected chi connectivity index (χ3v) is 3.62. The Labute approximate surface area is 145 Å². The molecule has 2 aromatic heterocycles. The van der Waals surface area contributed by atoms with Crippen LogP contribution in [-0.2, 0) is 13.1 Å². The van der Waals surface area contributed by atoms with Gasteiger partial charge in [-0.2, -0.15) is 10.2 Å². The number of amides is 1. The Morgan fingerprint density at radius 3 is 2.62 bits per heavy atom. The molecular formula is C16H13F4N5O. The molecule has 3 aromatic rings. The van der Waals surface area contributed by atoms with Crippen molar-refractivity contribution in [2.75, 3.05) is 5.32 Å². The monoisotopic (exact) mass is 367 g/mol. The van der Waals surface area contributed by atoms with Gasteiger partial charge in [0.05, 0.1) is 18.4 Å². The summed E-state index contributed by atoms with van der Waals surface area (Å²) in [5, 5.41) is 10.4. The summed E-state index contributed by atoms with van der Waals surface area (Å²) < 4.78 is 56.3. The Hall–Kier alpha value is -3.17. The fourth-order valence-electron chi connectivity index (χ4n) is 2.28. The molecule has 0 spiro atoms. The average molecular weight is 367 g/mol. The standard InChI is InChI=1S/C16H13F4N5O/c1-2-24-4-3-13(23-24)16(26)22-9-6-21-25(7-9)8-10-11(17)5-12(18)15(20)14(10)19/h3-7H,2,8H2,1H3,(H,22,26). The van der Waals surface area contributed by atoms with E-state index in [-0.39, 0.29) is 17.4 Å². The summed E-state index contributed by atoms with van der Waals surface area (Å²) in [6.07, 6.45) is 4.20. The normalized spacial score (nSPS) is 11.0. The van der Waals surface area contributed by atoms with Crippen molar-refractivity contribution in [2.45, 2.75) is 20.0 Å². The molecule has 0 saturated heterocycles. The number of nitrogens with zero attached hydrogens (tertiary/aromatic N) is 4. The summed E-state index contributed by atoms with van der Waals surface area (Å²) in [5.41, 5.74) is -0.228. The highest BCUT2D eigenvalue weighted by Gasteiger charge is 2.19. The smallest absolute Gasteiger partial charge is 0.276 e. The Morgan fingerprint density at radius 2 is 1.92 bits per heavy atom. The van der Waals surface area contributed by atoms with Crippen molar-refractivity contribution in [1.82, 2.24) is 19.6 Å². The van der Waals surface area contributed by atoms with Crippen molar-refractivity contribution in [1.29, 1.82) is 0 Å². The molecule has 10 heteroatoms. The first-order valence-corrected chi connectivity index (χ1v) is 7.58. The SMILES string of the molecule is CCn1ccc(C(=O)Nc2cnn(Cc3c(F)cc(F)c(F)c3F)c2)n1. The quantitative estimate of drug-likeness (QED) is 0.428. The van der Waals surface area contributed by atoms with E-state index in [4.69, 9.17) is 0 Å². The molecule has 0 saturated carbocycles. The Balaban J connectivity index is 1.74. The number of aryl methyl sites for hydroxylation is 1. The van der Waals surface area contributed by atoms with Crippen molar-refractivity contribution in [3.8, 4) is 0 Å². The Bertz CT molecular complexity index is 966. The first-order valence-electron chi connectivity index (χ1n) is 7.58. The van der Waals surface area contributed by atoms with E-state index in [1.165, 1.54) is 18.5 Å². The van der Waals surface area contributed by atoms with Gasteiger partial charge < -0.3 is 5.32 Å². The van der Waals surface area contributed by atoms with Gasteiger partial charge in [-0.25, -0.2) is 17.6 Å². The van der Waals surface area contributed by atoms with Gasteiger partial charge in [-0.1, -0.05) is 0 Å². The van der Waals surface area contributed by atoms with Crippen LogP contribution in [0.15, 0.2) is 30.7 Å². The predicted octanol–water partition coefficient (Wildman–Crippen LogP) is 2.96. The molecule has 136 valence electrons. The van der Waals surface area contributed by atoms with Gasteiger partial charge in [0.1, 0.15) is 5.82 Å². The van der Waals surface area contributed by atoms with Crippen molar-refractivity contribution in [3.05, 3.63) is 65.2 Å². The molecule has 1 N–H and O–H groups in total. The highest BCUT2D eigenvalue weighted by molar-refractivity contribution is 6.02. The van der Waals surface area contributed by atoms with Gasteiger partial charge in [-0.3, -0.25) is 14.2 Å². The van der Waals surface area contributed by atoms with Crippen LogP contribution >= 0.6 is 0 Å². The summed E-state index contributed by atoms with van der Waals surface area (Å²) in [4.78, 5) is 12.1. The van der Waals surface area contributed by atoms with E-state index in [1.807, 2.05) is 6.92 Å². The van der Waals surface area contributed by atoms with Crippen molar-refractivity contribution < 1.29 is 22.4 Å². The minimum Gasteiger partial charge on any atom is -0.318 e. The molecule has 1 amide bonds. The van der Waals surface area contributed by atoms with E-state index < -0.39 is 41.3 Å². The molecule has 1 aromatic carbocycles. The van der Waals surface area contributed by atoms with Crippen LogP contribution in [0.1, 0.15) is 23.0 Å². The third kappa shape index (κ3) is 3.44. The highest BCUT2D eigenvalue weighted by atomic mass is 19.2. The fraction of sp³-hybridized carbons (Fsp3) is 0.188. The number of rotatable bonds is 5. The zero-order chi connectivity index (χ0) is 18.8. The summed E-state index contributed by atoms with van der Waals surface area (Å²) in [5.74, 6) is -6.69. The maximum absolute atomic E-state index is 13.7. The molecule has 0 bridgehead atoms. The lowest BCUT2D eigenvalue weighted by Gasteiger charge is -2.06. The molecule has 0 aliphatic heterocycles. The highest BCUT2D eigenvalue weighted by Crippen LogP contribution is 2.20. The van der Waals surface area contributed by atoms with E-state index in [9.17, 15) is 22.4 Å². The van der Waals surface area contributed by atoms with Crippen molar-refractivity contribution >= 4 is 11.6 Å². The van der Waals surface area contributed by atoms with Gasteiger partial charge in [0.25, 0.3) is 5.91 Å². The predicted molar refractivity (Wildman–Crippen MR) is 83.5 cm³/mol. The summed E-state index contributed by atoms with van der Waals surface area (Å²) in [7, 11) is 0. The number of anilines is 1. The molecule has 0 atom stereocenters. The minimum absolute atomic E-state index is 0.192. The second-order valence-corrected chi connectivity index (χ2v) is 5.38. The largest absolute Gasteiger partial charge is 0.318 e. The molecule has 26 heavy (non-hydrogen) atoms. The first-order chi connectivity index (χ1) is 12.4. The van der Waals surface area contributed by atoms with Crippen molar-refractivity contribution in [3.63, 3.8) is 0 Å². The summed E-state index contributed by atoms with van der Waals surface area (Å²) in [6.45, 7) is 2.00. The molecule has 0 aliphatic rings. The van der Waals surface area contributed by atoms with Crippen LogP contribution in [0.25, 0.3) is 0 Å². The Morgan fingerprint density at radius 1 is 1.15 bits per heavy atom. The fourth-order valence-corrected chi connectivity index (χ4v) is 2.28. The van der Waals surface area contributed by atoms with E-state index >= 15 is 0 Å². The van der Waals surface area contributed by atoms with Crippen LogP contribution in [-0.4, -0.2) is 25.5 Å². The molecule has 2 heterocycles. The summed E-state index contributed by atoms with van der Waals surface area (Å²) >= 11 is 0. The molecule has 0 fully saturated rings. The van der Waals surface area contributed by atoms with Gasteiger partial charge in [-0.05, 0) is 13.0 Å². The lowest BCUT2D eigenvalue weighted by Crippen LogP contribution is -2.13. The second-order valence-electron chi connectivity index (χ2n) is 5.38. The van der Waals surface area contributed by atoms with Crippen LogP contribution in [0.3, 0.4) is 0 Å². The van der Waals surface area contributed by atoms with Gasteiger partial charge in [0.2, 0.25) is 0 Å². The van der Waals surface area contributed by atoms with Crippen LogP contribution < -0.4 is 5.32 Å². The van der Waals surface area contributed by atoms with E-state index in [2.05, 4.69) is 15.5 Å². The maximum Gasteiger partial charge on any atom is 0.276 e. The lowest BCUT2D eigenvalue weighted by molar-refractivity contribution is 0.102. The number of hydrogen-bond acceptors (Lipinski definition) is 3. The zero-order valence-corrected chi connectivity index (χ0v) is 13.5. The molecule has 0 aliphatic carbocycles. The molecular weight excluding hydrogens is 354 g/mol. The number of nitrogens with one attached hydrogen (secondary N) is 1. The number of halogens is 4. The Kier molecular flexibility index (Phi) is 4.74. The summed E-state index contributed by atoms with van der Waals surface area (Å²) in [6, 6.07) is 1.80. The van der Waals surface area contributed by atoms with E-state index in [1.54, 1.807) is 10.9 Å². The van der Waals surface area contributed by atoms with Gasteiger partial charge in [-0.15, -0.1) is 0 Å². The van der Waals surface area contributed by atoms with Crippen LogP contribution in [0.4, 0.5) is 23.2 Å². The molecule has 3 rings (SSSR count). The molecule has 6 nitrogen and oxygen atoms in total. The average Bonchev–Trinajstić information content (AvgIpc) is 3.26. The van der Waals surface area contributed by atoms with Gasteiger partial charge in [0.15, 0.2) is 23.1 Å². The second kappa shape index (κ2) is 6.98. The van der Waals surface area contributed by atoms with Crippen LogP contribution in [0, 0.1) is 23.3 Å². The number of hydrogen-bond donors (Lipinski definition) is 1. The van der Waals surface area contributed by atoms with Gasteiger partial charge >= 0.3 is 0 Å². The maximum atomic E-state index is 13.7. The molecule has 0 radical (unpaired) electrons. The molecule has 0 unspecified atom stereocenters.